The lowest BCUT2D eigenvalue weighted by atomic mass is 9.96. The number of pyridine rings is 1. The smallest absolute Gasteiger partial charge is 0.230 e. The summed E-state index contributed by atoms with van der Waals surface area (Å²) in [6, 6.07) is 14.7. The molecule has 0 saturated heterocycles. The van der Waals surface area contributed by atoms with Crippen LogP contribution >= 0.6 is 0 Å². The maximum Gasteiger partial charge on any atom is 0.230 e. The molecule has 116 valence electrons. The Morgan fingerprint density at radius 2 is 1.70 bits per heavy atom. The van der Waals surface area contributed by atoms with Crippen LogP contribution in [0, 0.1) is 0 Å². The molecule has 0 atom stereocenters. The van der Waals surface area contributed by atoms with Crippen LogP contribution in [0.4, 0.5) is 0 Å². The zero-order valence-electron chi connectivity index (χ0n) is 13.1. The highest BCUT2D eigenvalue weighted by Crippen LogP contribution is 2.22. The zero-order chi connectivity index (χ0) is 15.5. The maximum atomic E-state index is 4.98. The van der Waals surface area contributed by atoms with Gasteiger partial charge in [0.05, 0.1) is 23.1 Å². The number of fused-ring (bicyclic) bond motifs is 1. The van der Waals surface area contributed by atoms with E-state index in [0.717, 1.165) is 22.7 Å². The van der Waals surface area contributed by atoms with Gasteiger partial charge in [0.25, 0.3) is 0 Å². The van der Waals surface area contributed by atoms with Gasteiger partial charge in [-0.2, -0.15) is 0 Å². The SMILES string of the molecule is c1ccc2nc(=NC3CCCCC3)n(-c3ccncc3)c-2cc1. The topological polar surface area (TPSA) is 43.1 Å². The fourth-order valence-electron chi connectivity index (χ4n) is 3.29. The van der Waals surface area contributed by atoms with E-state index in [9.17, 15) is 0 Å². The van der Waals surface area contributed by atoms with Crippen molar-refractivity contribution >= 4 is 0 Å². The van der Waals surface area contributed by atoms with Gasteiger partial charge in [0, 0.05) is 12.4 Å². The fraction of sp³-hybridized carbons (Fsp3) is 0.316. The summed E-state index contributed by atoms with van der Waals surface area (Å²) in [4.78, 5) is 13.9. The fourth-order valence-corrected chi connectivity index (χ4v) is 3.29. The Bertz CT molecular complexity index is 816. The van der Waals surface area contributed by atoms with E-state index in [1.54, 1.807) is 0 Å². The molecular formula is C19H20N4. The molecule has 0 N–H and O–H groups in total. The highest BCUT2D eigenvalue weighted by molar-refractivity contribution is 5.59. The van der Waals surface area contributed by atoms with Crippen LogP contribution in [-0.2, 0) is 0 Å². The van der Waals surface area contributed by atoms with Gasteiger partial charge in [-0.1, -0.05) is 37.5 Å². The first-order chi connectivity index (χ1) is 11.4. The molecule has 0 bridgehead atoms. The van der Waals surface area contributed by atoms with E-state index >= 15 is 0 Å². The number of hydrogen-bond acceptors (Lipinski definition) is 3. The Kier molecular flexibility index (Phi) is 3.88. The molecule has 23 heavy (non-hydrogen) atoms. The van der Waals surface area contributed by atoms with Gasteiger partial charge >= 0.3 is 0 Å². The van der Waals surface area contributed by atoms with Gasteiger partial charge in [0.2, 0.25) is 5.62 Å². The van der Waals surface area contributed by atoms with E-state index in [-0.39, 0.29) is 0 Å². The van der Waals surface area contributed by atoms with E-state index in [4.69, 9.17) is 9.98 Å². The minimum Gasteiger partial charge on any atom is -0.277 e. The summed E-state index contributed by atoms with van der Waals surface area (Å²) >= 11 is 0. The quantitative estimate of drug-likeness (QED) is 0.726. The number of rotatable bonds is 2. The maximum absolute atomic E-state index is 4.98. The molecule has 1 saturated carbocycles. The van der Waals surface area contributed by atoms with Gasteiger partial charge < -0.3 is 0 Å². The first kappa shape index (κ1) is 14.1. The van der Waals surface area contributed by atoms with Gasteiger partial charge in [-0.05, 0) is 37.1 Å². The van der Waals surface area contributed by atoms with Crippen LogP contribution in [0.3, 0.4) is 0 Å². The summed E-state index contributed by atoms with van der Waals surface area (Å²) in [6.45, 7) is 0. The van der Waals surface area contributed by atoms with E-state index in [1.807, 2.05) is 48.8 Å². The molecule has 4 heteroatoms. The predicted molar refractivity (Wildman–Crippen MR) is 90.4 cm³/mol. The summed E-state index contributed by atoms with van der Waals surface area (Å²) in [7, 11) is 0. The molecule has 0 radical (unpaired) electrons. The summed E-state index contributed by atoms with van der Waals surface area (Å²) < 4.78 is 2.14. The van der Waals surface area contributed by atoms with Gasteiger partial charge in [-0.15, -0.1) is 0 Å². The van der Waals surface area contributed by atoms with Crippen molar-refractivity contribution in [2.24, 2.45) is 4.99 Å². The second-order valence-corrected chi connectivity index (χ2v) is 6.05. The predicted octanol–water partition coefficient (Wildman–Crippen LogP) is 3.61. The van der Waals surface area contributed by atoms with Crippen molar-refractivity contribution in [2.45, 2.75) is 38.1 Å². The van der Waals surface area contributed by atoms with Crippen LogP contribution in [0.15, 0.2) is 59.9 Å². The molecular weight excluding hydrogens is 284 g/mol. The third-order valence-corrected chi connectivity index (χ3v) is 4.45. The molecule has 4 rings (SSSR count). The van der Waals surface area contributed by atoms with Crippen LogP contribution in [0.5, 0.6) is 0 Å². The van der Waals surface area contributed by atoms with Gasteiger partial charge in [-0.25, -0.2) is 9.98 Å². The third-order valence-electron chi connectivity index (χ3n) is 4.45. The van der Waals surface area contributed by atoms with Crippen molar-refractivity contribution in [1.82, 2.24) is 14.5 Å². The van der Waals surface area contributed by atoms with Crippen molar-refractivity contribution in [1.29, 1.82) is 0 Å². The number of hydrogen-bond donors (Lipinski definition) is 0. The van der Waals surface area contributed by atoms with Crippen LogP contribution in [0.25, 0.3) is 17.1 Å². The summed E-state index contributed by atoms with van der Waals surface area (Å²) in [6.07, 6.45) is 9.86. The Balaban J connectivity index is 1.92. The van der Waals surface area contributed by atoms with Crippen molar-refractivity contribution in [3.8, 4) is 17.1 Å². The lowest BCUT2D eigenvalue weighted by Gasteiger charge is -2.17. The molecule has 1 fully saturated rings. The lowest BCUT2D eigenvalue weighted by molar-refractivity contribution is 0.433. The van der Waals surface area contributed by atoms with Gasteiger partial charge in [0.15, 0.2) is 0 Å². The van der Waals surface area contributed by atoms with Gasteiger partial charge in [-0.3, -0.25) is 9.55 Å². The van der Waals surface area contributed by atoms with Crippen molar-refractivity contribution in [2.75, 3.05) is 0 Å². The Morgan fingerprint density at radius 3 is 2.52 bits per heavy atom. The molecule has 0 spiro atoms. The Labute approximate surface area is 135 Å². The number of imidazole rings is 1. The Hall–Kier alpha value is -2.49. The van der Waals surface area contributed by atoms with Gasteiger partial charge in [0.1, 0.15) is 0 Å². The molecule has 0 unspecified atom stereocenters. The minimum absolute atomic E-state index is 0.398. The average Bonchev–Trinajstić information content (AvgIpc) is 2.77. The summed E-state index contributed by atoms with van der Waals surface area (Å²) in [5.41, 5.74) is 3.92. The number of aromatic nitrogens is 3. The lowest BCUT2D eigenvalue weighted by Crippen LogP contribution is -2.22. The number of nitrogens with zero attached hydrogens (tertiary/aromatic N) is 4. The largest absolute Gasteiger partial charge is 0.277 e. The molecule has 0 amide bonds. The standard InChI is InChI=1S/C19H20N4/c1-3-7-15(8-4-1)21-19-22-17-9-5-2-6-10-18(17)23(19)16-11-13-20-14-12-16/h2,5-6,9-15H,1,3-4,7-8H2. The first-order valence-electron chi connectivity index (χ1n) is 8.34. The van der Waals surface area contributed by atoms with E-state index < -0.39 is 0 Å². The molecule has 2 heterocycles. The monoisotopic (exact) mass is 304 g/mol. The molecule has 2 aliphatic carbocycles. The highest BCUT2D eigenvalue weighted by atomic mass is 15.1. The Morgan fingerprint density at radius 1 is 0.913 bits per heavy atom. The minimum atomic E-state index is 0.398. The zero-order valence-corrected chi connectivity index (χ0v) is 13.1. The van der Waals surface area contributed by atoms with Crippen LogP contribution < -0.4 is 5.62 Å². The van der Waals surface area contributed by atoms with Crippen molar-refractivity contribution in [3.05, 3.63) is 60.5 Å². The molecule has 4 nitrogen and oxygen atoms in total. The average molecular weight is 304 g/mol. The molecule has 1 aliphatic heterocycles. The van der Waals surface area contributed by atoms with Crippen molar-refractivity contribution in [3.63, 3.8) is 0 Å². The van der Waals surface area contributed by atoms with E-state index in [0.29, 0.717) is 6.04 Å². The second kappa shape index (κ2) is 6.32. The normalized spacial score (nSPS) is 16.8. The third kappa shape index (κ3) is 2.89. The molecule has 0 aromatic carbocycles. The molecule has 1 aromatic heterocycles. The van der Waals surface area contributed by atoms with E-state index in [2.05, 4.69) is 15.6 Å². The highest BCUT2D eigenvalue weighted by Gasteiger charge is 2.16. The molecule has 1 aromatic rings. The summed E-state index contributed by atoms with van der Waals surface area (Å²) in [5.74, 6) is 0. The first-order valence-corrected chi connectivity index (χ1v) is 8.34. The second-order valence-electron chi connectivity index (χ2n) is 6.05. The van der Waals surface area contributed by atoms with Crippen LogP contribution in [-0.4, -0.2) is 20.6 Å². The van der Waals surface area contributed by atoms with Crippen LogP contribution in [0.1, 0.15) is 32.1 Å². The van der Waals surface area contributed by atoms with Crippen molar-refractivity contribution < 1.29 is 0 Å². The van der Waals surface area contributed by atoms with E-state index in [1.165, 1.54) is 32.1 Å². The van der Waals surface area contributed by atoms with Crippen LogP contribution in [0.2, 0.25) is 0 Å². The molecule has 3 aliphatic rings. The summed E-state index contributed by atoms with van der Waals surface area (Å²) in [5, 5.41) is 0.